The molecule has 42 heavy (non-hydrogen) atoms. The minimum atomic E-state index is -0.600. The van der Waals surface area contributed by atoms with Crippen molar-refractivity contribution in [3.63, 3.8) is 0 Å². The minimum Gasteiger partial charge on any atom is -0.484 e. The highest BCUT2D eigenvalue weighted by atomic mass is 35.5. The van der Waals surface area contributed by atoms with E-state index in [9.17, 15) is 9.90 Å². The van der Waals surface area contributed by atoms with Crippen molar-refractivity contribution in [1.82, 2.24) is 20.2 Å². The van der Waals surface area contributed by atoms with E-state index >= 15 is 0 Å². The second-order valence-electron chi connectivity index (χ2n) is 11.5. The minimum absolute atomic E-state index is 0.0399. The molecule has 1 atom stereocenters. The van der Waals surface area contributed by atoms with Gasteiger partial charge in [-0.1, -0.05) is 17.7 Å². The number of β-amino-alcohol motifs (C(OH)–C–C–N with tert-alkyl or cyclic N) is 1. The molecular weight excluding hydrogens is 556 g/mol. The van der Waals surface area contributed by atoms with Crippen LogP contribution in [0.2, 0.25) is 5.02 Å². The van der Waals surface area contributed by atoms with Crippen molar-refractivity contribution in [3.05, 3.63) is 64.3 Å². The Kier molecular flexibility index (Phi) is 9.24. The summed E-state index contributed by atoms with van der Waals surface area (Å²) < 4.78 is 11.1. The molecule has 11 heteroatoms. The van der Waals surface area contributed by atoms with Crippen LogP contribution < -0.4 is 20.3 Å². The molecule has 0 radical (unpaired) electrons. The number of pyridine rings is 1. The smallest absolute Gasteiger partial charge is 0.181 e. The van der Waals surface area contributed by atoms with E-state index in [0.29, 0.717) is 47.6 Å². The zero-order chi connectivity index (χ0) is 28.9. The summed E-state index contributed by atoms with van der Waals surface area (Å²) in [5.74, 6) is 2.93. The Morgan fingerprint density at radius 2 is 2.10 bits per heavy atom. The molecule has 4 heterocycles. The first-order valence-electron chi connectivity index (χ1n) is 15.0. The number of carbonyl (C=O) groups excluding carboxylic acids is 1. The number of halogens is 1. The Labute approximate surface area is 251 Å². The molecule has 1 aliphatic carbocycles. The van der Waals surface area contributed by atoms with Crippen molar-refractivity contribution >= 4 is 29.0 Å². The van der Waals surface area contributed by atoms with Crippen LogP contribution in [0.5, 0.6) is 5.75 Å². The number of hydrogen-bond donors (Lipinski definition) is 3. The molecule has 0 amide bonds. The van der Waals surface area contributed by atoms with Crippen molar-refractivity contribution in [2.24, 2.45) is 0 Å². The summed E-state index contributed by atoms with van der Waals surface area (Å²) in [6.45, 7) is 5.79. The van der Waals surface area contributed by atoms with E-state index in [2.05, 4.69) is 25.4 Å². The maximum atomic E-state index is 13.3. The number of ketones is 1. The predicted molar refractivity (Wildman–Crippen MR) is 161 cm³/mol. The van der Waals surface area contributed by atoms with Gasteiger partial charge in [-0.25, -0.2) is 9.97 Å². The van der Waals surface area contributed by atoms with Crippen LogP contribution in [0.25, 0.3) is 0 Å². The number of aliphatic hydroxyl groups is 1. The molecule has 224 valence electrons. The fourth-order valence-electron chi connectivity index (χ4n) is 5.78. The molecule has 2 aliphatic heterocycles. The summed E-state index contributed by atoms with van der Waals surface area (Å²) in [6, 6.07) is 8.15. The number of piperazine rings is 1. The van der Waals surface area contributed by atoms with E-state index in [0.717, 1.165) is 74.7 Å². The van der Waals surface area contributed by atoms with Gasteiger partial charge in [0.25, 0.3) is 0 Å². The van der Waals surface area contributed by atoms with Crippen molar-refractivity contribution in [2.75, 3.05) is 49.5 Å². The van der Waals surface area contributed by atoms with Gasteiger partial charge in [0.05, 0.1) is 17.3 Å². The summed E-state index contributed by atoms with van der Waals surface area (Å²) in [6.07, 6.45) is 7.37. The van der Waals surface area contributed by atoms with Crippen molar-refractivity contribution in [3.8, 4) is 5.75 Å². The van der Waals surface area contributed by atoms with Crippen LogP contribution >= 0.6 is 11.6 Å². The highest BCUT2D eigenvalue weighted by molar-refractivity contribution is 6.33. The number of nitrogens with zero attached hydrogens (tertiary/aromatic N) is 4. The van der Waals surface area contributed by atoms with E-state index in [1.165, 1.54) is 12.8 Å². The number of carbonyl (C=O) groups is 1. The van der Waals surface area contributed by atoms with Crippen molar-refractivity contribution < 1.29 is 19.1 Å². The van der Waals surface area contributed by atoms with Crippen LogP contribution in [-0.2, 0) is 19.6 Å². The number of ether oxygens (including phenoxy) is 1. The molecule has 1 saturated carbocycles. The lowest BCUT2D eigenvalue weighted by Crippen LogP contribution is -2.44. The highest BCUT2D eigenvalue weighted by Gasteiger charge is 2.24. The Hall–Kier alpha value is -3.18. The lowest BCUT2D eigenvalue weighted by atomic mass is 9.93. The normalized spacial score (nSPS) is 18.3. The fourth-order valence-corrected chi connectivity index (χ4v) is 6.11. The molecule has 0 unspecified atom stereocenters. The summed E-state index contributed by atoms with van der Waals surface area (Å²) in [5.41, 5.74) is 2.87. The Morgan fingerprint density at radius 3 is 2.86 bits per heavy atom. The first-order valence-corrected chi connectivity index (χ1v) is 15.4. The number of fused-ring (bicyclic) bond motifs is 1. The second kappa shape index (κ2) is 13.4. The lowest BCUT2D eigenvalue weighted by Gasteiger charge is -2.31. The zero-order valence-electron chi connectivity index (χ0n) is 23.9. The molecule has 6 rings (SSSR count). The van der Waals surface area contributed by atoms with Crippen LogP contribution in [-0.4, -0.2) is 77.2 Å². The van der Waals surface area contributed by atoms with Gasteiger partial charge in [-0.05, 0) is 61.4 Å². The predicted octanol–water partition coefficient (Wildman–Crippen LogP) is 4.06. The Balaban J connectivity index is 1.03. The SMILES string of the molecule is O=C(CC[C@H](O)CN1CCc2c(ccc(OCc3cnco3)c2Cl)C1)c1cc(NC2CCC2)nc(N2CCNCC2)c1. The van der Waals surface area contributed by atoms with Gasteiger partial charge in [0.1, 0.15) is 24.0 Å². The molecule has 0 spiro atoms. The maximum Gasteiger partial charge on any atom is 0.181 e. The van der Waals surface area contributed by atoms with Gasteiger partial charge in [-0.3, -0.25) is 9.69 Å². The number of rotatable bonds is 12. The first-order chi connectivity index (χ1) is 20.5. The molecule has 1 saturated heterocycles. The van der Waals surface area contributed by atoms with Gasteiger partial charge >= 0.3 is 0 Å². The van der Waals surface area contributed by atoms with Gasteiger partial charge in [0, 0.05) is 63.8 Å². The summed E-state index contributed by atoms with van der Waals surface area (Å²) in [4.78, 5) is 26.5. The van der Waals surface area contributed by atoms with Crippen LogP contribution in [0.4, 0.5) is 11.6 Å². The zero-order valence-corrected chi connectivity index (χ0v) is 24.6. The molecule has 0 bridgehead atoms. The first kappa shape index (κ1) is 28.9. The molecule has 10 nitrogen and oxygen atoms in total. The van der Waals surface area contributed by atoms with Gasteiger partial charge in [0.15, 0.2) is 17.9 Å². The number of nitrogens with one attached hydrogen (secondary N) is 2. The molecule has 3 aliphatic rings. The molecule has 2 fully saturated rings. The molecule has 2 aromatic heterocycles. The molecule has 1 aromatic carbocycles. The summed E-state index contributed by atoms with van der Waals surface area (Å²) in [7, 11) is 0. The van der Waals surface area contributed by atoms with Crippen LogP contribution in [0.1, 0.15) is 59.3 Å². The standard InChI is InChI=1S/C31H39ClN6O4/c32-31-26-8-11-37(17-21(26)4-7-28(31)41-19-25-16-34-20-42-25)18-24(39)5-6-27(40)22-14-29(35-23-2-1-3-23)36-30(15-22)38-12-9-33-10-13-38/h4,7,14-16,20,23-24,33,39H,1-3,5-6,8-13,17-19H2,(H,35,36)/t24-/m0/s1. The lowest BCUT2D eigenvalue weighted by molar-refractivity contribution is 0.0836. The second-order valence-corrected chi connectivity index (χ2v) is 11.9. The largest absolute Gasteiger partial charge is 0.484 e. The molecule has 3 aromatic rings. The van der Waals surface area contributed by atoms with Gasteiger partial charge < -0.3 is 29.8 Å². The topological polar surface area (TPSA) is 116 Å². The number of oxazole rings is 1. The summed E-state index contributed by atoms with van der Waals surface area (Å²) >= 11 is 6.68. The monoisotopic (exact) mass is 594 g/mol. The van der Waals surface area contributed by atoms with Crippen LogP contribution in [0.15, 0.2) is 41.3 Å². The number of aromatic nitrogens is 2. The van der Waals surface area contributed by atoms with Crippen molar-refractivity contribution in [2.45, 2.75) is 63.8 Å². The molecule has 3 N–H and O–H groups in total. The molecular formula is C31H39ClN6O4. The number of anilines is 2. The van der Waals surface area contributed by atoms with Crippen LogP contribution in [0.3, 0.4) is 0 Å². The van der Waals surface area contributed by atoms with Gasteiger partial charge in [-0.2, -0.15) is 0 Å². The number of Topliss-reactive ketones (excluding diaryl/α,β-unsaturated/α-hetero) is 1. The quantitative estimate of drug-likeness (QED) is 0.265. The van der Waals surface area contributed by atoms with E-state index in [1.54, 1.807) is 6.20 Å². The Bertz CT molecular complexity index is 1360. The fraction of sp³-hybridized carbons (Fsp3) is 0.516. The van der Waals surface area contributed by atoms with Gasteiger partial charge in [-0.15, -0.1) is 0 Å². The van der Waals surface area contributed by atoms with Crippen LogP contribution in [0, 0.1) is 0 Å². The third kappa shape index (κ3) is 7.06. The third-order valence-electron chi connectivity index (χ3n) is 8.44. The van der Waals surface area contributed by atoms with Crippen molar-refractivity contribution in [1.29, 1.82) is 0 Å². The van der Waals surface area contributed by atoms with E-state index in [4.69, 9.17) is 25.7 Å². The number of hydrogen-bond acceptors (Lipinski definition) is 10. The average molecular weight is 595 g/mol. The Morgan fingerprint density at radius 1 is 1.24 bits per heavy atom. The van der Waals surface area contributed by atoms with Gasteiger partial charge in [0.2, 0.25) is 0 Å². The number of benzene rings is 1. The van der Waals surface area contributed by atoms with E-state index in [-0.39, 0.29) is 18.8 Å². The van der Waals surface area contributed by atoms with E-state index in [1.807, 2.05) is 24.3 Å². The average Bonchev–Trinajstić information content (AvgIpc) is 3.51. The third-order valence-corrected chi connectivity index (χ3v) is 8.85. The highest BCUT2D eigenvalue weighted by Crippen LogP contribution is 2.35. The van der Waals surface area contributed by atoms with E-state index < -0.39 is 6.10 Å². The number of aliphatic hydroxyl groups excluding tert-OH is 1. The summed E-state index contributed by atoms with van der Waals surface area (Å²) in [5, 5.41) is 18.4. The maximum absolute atomic E-state index is 13.3.